The molecule has 0 radical (unpaired) electrons. The van der Waals surface area contributed by atoms with E-state index in [0.717, 1.165) is 11.1 Å². The fourth-order valence-electron chi connectivity index (χ4n) is 3.73. The van der Waals surface area contributed by atoms with Crippen LogP contribution in [-0.2, 0) is 6.54 Å². The molecule has 5 nitrogen and oxygen atoms in total. The molecule has 0 saturated heterocycles. The van der Waals surface area contributed by atoms with Gasteiger partial charge in [-0.1, -0.05) is 36.4 Å². The Morgan fingerprint density at radius 2 is 1.77 bits per heavy atom. The van der Waals surface area contributed by atoms with Gasteiger partial charge in [0.15, 0.2) is 5.78 Å². The zero-order chi connectivity index (χ0) is 20.7. The second kappa shape index (κ2) is 7.08. The van der Waals surface area contributed by atoms with Crippen molar-refractivity contribution in [3.05, 3.63) is 107 Å². The molecule has 1 aliphatic carbocycles. The van der Waals surface area contributed by atoms with E-state index in [9.17, 15) is 14.0 Å². The molecule has 0 atom stereocenters. The maximum Gasteiger partial charge on any atom is 0.251 e. The molecule has 0 aliphatic heterocycles. The van der Waals surface area contributed by atoms with Gasteiger partial charge in [0, 0.05) is 35.6 Å². The lowest BCUT2D eigenvalue weighted by atomic mass is 10.0. The number of amides is 1. The number of carbonyl (C=O) groups excluding carboxylic acids is 2. The molecule has 0 spiro atoms. The van der Waals surface area contributed by atoms with Gasteiger partial charge in [-0.3, -0.25) is 9.59 Å². The third-order valence-electron chi connectivity index (χ3n) is 5.24. The van der Waals surface area contributed by atoms with Crippen molar-refractivity contribution in [3.8, 4) is 16.8 Å². The summed E-state index contributed by atoms with van der Waals surface area (Å²) in [6, 6.07) is 17.3. The van der Waals surface area contributed by atoms with Crippen molar-refractivity contribution in [2.45, 2.75) is 6.54 Å². The minimum atomic E-state index is -0.402. The molecule has 0 bridgehead atoms. The third kappa shape index (κ3) is 2.99. The van der Waals surface area contributed by atoms with E-state index in [-0.39, 0.29) is 18.2 Å². The quantitative estimate of drug-likeness (QED) is 0.495. The lowest BCUT2D eigenvalue weighted by Crippen LogP contribution is -2.23. The zero-order valence-electron chi connectivity index (χ0n) is 15.8. The first-order valence-corrected chi connectivity index (χ1v) is 9.45. The molecular weight excluding hydrogens is 381 g/mol. The molecule has 1 N–H and O–H groups in total. The van der Waals surface area contributed by atoms with Crippen LogP contribution in [0.15, 0.2) is 79.4 Å². The van der Waals surface area contributed by atoms with Crippen molar-refractivity contribution in [2.75, 3.05) is 0 Å². The second-order valence-electron chi connectivity index (χ2n) is 7.07. The first-order valence-electron chi connectivity index (χ1n) is 9.45. The molecule has 1 heterocycles. The van der Waals surface area contributed by atoms with E-state index in [0.29, 0.717) is 27.9 Å². The number of fused-ring (bicyclic) bond motifs is 3. The Labute approximate surface area is 171 Å². The Bertz CT molecular complexity index is 1300. The van der Waals surface area contributed by atoms with Crippen LogP contribution in [0.3, 0.4) is 0 Å². The van der Waals surface area contributed by atoms with Crippen LogP contribution in [0.5, 0.6) is 0 Å². The van der Waals surface area contributed by atoms with Gasteiger partial charge < -0.3 is 9.88 Å². The summed E-state index contributed by atoms with van der Waals surface area (Å²) in [6.07, 6.45) is 4.76. The maximum absolute atomic E-state index is 14.4. The molecule has 1 aromatic heterocycles. The Morgan fingerprint density at radius 3 is 2.53 bits per heavy atom. The summed E-state index contributed by atoms with van der Waals surface area (Å²) in [5, 5.41) is 2.79. The Morgan fingerprint density at radius 1 is 0.967 bits per heavy atom. The number of hydrogen-bond donors (Lipinski definition) is 1. The highest BCUT2D eigenvalue weighted by Crippen LogP contribution is 2.36. The number of ketones is 1. The average Bonchev–Trinajstić information content (AvgIpc) is 3.40. The molecule has 0 saturated carbocycles. The van der Waals surface area contributed by atoms with E-state index in [2.05, 4.69) is 10.3 Å². The van der Waals surface area contributed by atoms with Crippen molar-refractivity contribution in [3.63, 3.8) is 0 Å². The van der Waals surface area contributed by atoms with Crippen molar-refractivity contribution < 1.29 is 14.0 Å². The van der Waals surface area contributed by atoms with Crippen LogP contribution < -0.4 is 5.32 Å². The maximum atomic E-state index is 14.4. The molecule has 5 rings (SSSR count). The van der Waals surface area contributed by atoms with Gasteiger partial charge in [0.1, 0.15) is 5.82 Å². The Balaban J connectivity index is 1.32. The molecule has 3 aromatic carbocycles. The molecule has 0 unspecified atom stereocenters. The van der Waals surface area contributed by atoms with E-state index >= 15 is 0 Å². The number of rotatable bonds is 4. The van der Waals surface area contributed by atoms with Crippen LogP contribution >= 0.6 is 0 Å². The van der Waals surface area contributed by atoms with Crippen molar-refractivity contribution >= 4 is 11.7 Å². The highest BCUT2D eigenvalue weighted by Gasteiger charge is 2.27. The minimum absolute atomic E-state index is 0.0765. The molecule has 1 aliphatic rings. The van der Waals surface area contributed by atoms with Crippen molar-refractivity contribution in [1.82, 2.24) is 14.9 Å². The second-order valence-corrected chi connectivity index (χ2v) is 7.07. The molecule has 30 heavy (non-hydrogen) atoms. The number of nitrogens with one attached hydrogen (secondary N) is 1. The monoisotopic (exact) mass is 397 g/mol. The van der Waals surface area contributed by atoms with Gasteiger partial charge in [-0.15, -0.1) is 0 Å². The number of nitrogens with zero attached hydrogens (tertiary/aromatic N) is 2. The van der Waals surface area contributed by atoms with Crippen LogP contribution in [0, 0.1) is 5.82 Å². The van der Waals surface area contributed by atoms with Gasteiger partial charge in [0.05, 0.1) is 12.0 Å². The summed E-state index contributed by atoms with van der Waals surface area (Å²) in [4.78, 5) is 29.2. The largest absolute Gasteiger partial charge is 0.348 e. The number of imidazole rings is 1. The lowest BCUT2D eigenvalue weighted by Gasteiger charge is -2.09. The fourth-order valence-corrected chi connectivity index (χ4v) is 3.73. The summed E-state index contributed by atoms with van der Waals surface area (Å²) in [5.41, 5.74) is 4.32. The number of hydrogen-bond acceptors (Lipinski definition) is 3. The molecule has 0 fully saturated rings. The number of carbonyl (C=O) groups is 2. The van der Waals surface area contributed by atoms with Crippen LogP contribution in [0.2, 0.25) is 0 Å². The highest BCUT2D eigenvalue weighted by molar-refractivity contribution is 6.22. The summed E-state index contributed by atoms with van der Waals surface area (Å²) >= 11 is 0. The predicted octanol–water partition coefficient (Wildman–Crippen LogP) is 4.15. The van der Waals surface area contributed by atoms with E-state index in [4.69, 9.17) is 0 Å². The fraction of sp³-hybridized carbons (Fsp3) is 0.0417. The number of aromatic nitrogens is 2. The van der Waals surface area contributed by atoms with Gasteiger partial charge in [0.2, 0.25) is 0 Å². The van der Waals surface area contributed by atoms with E-state index in [1.165, 1.54) is 12.4 Å². The smallest absolute Gasteiger partial charge is 0.251 e. The molecule has 6 heteroatoms. The van der Waals surface area contributed by atoms with Crippen molar-refractivity contribution in [2.24, 2.45) is 0 Å². The third-order valence-corrected chi connectivity index (χ3v) is 5.24. The summed E-state index contributed by atoms with van der Waals surface area (Å²) in [6.45, 7) is 0.172. The van der Waals surface area contributed by atoms with Crippen LogP contribution in [0.25, 0.3) is 16.8 Å². The molecule has 1 amide bonds. The highest BCUT2D eigenvalue weighted by atomic mass is 19.1. The van der Waals surface area contributed by atoms with Crippen LogP contribution in [0.4, 0.5) is 4.39 Å². The van der Waals surface area contributed by atoms with Gasteiger partial charge in [-0.25, -0.2) is 9.37 Å². The number of benzene rings is 3. The van der Waals surface area contributed by atoms with Crippen LogP contribution in [-0.4, -0.2) is 21.2 Å². The lowest BCUT2D eigenvalue weighted by molar-refractivity contribution is 0.0951. The Kier molecular flexibility index (Phi) is 4.25. The van der Waals surface area contributed by atoms with E-state index in [1.54, 1.807) is 53.4 Å². The SMILES string of the molecule is O=C(NCc1ccc(-n2ccnc2)c(F)c1)c1ccc2c(c1)C(=O)c1ccccc1-2. The topological polar surface area (TPSA) is 64.0 Å². The van der Waals surface area contributed by atoms with E-state index in [1.807, 2.05) is 18.2 Å². The van der Waals surface area contributed by atoms with Gasteiger partial charge in [-0.2, -0.15) is 0 Å². The Hall–Kier alpha value is -4.06. The summed E-state index contributed by atoms with van der Waals surface area (Å²) in [7, 11) is 0. The standard InChI is InChI=1S/C24H16FN3O2/c25-21-11-15(5-8-22(21)28-10-9-26-14-28)13-27-24(30)16-6-7-18-17-3-1-2-4-19(17)23(29)20(18)12-16/h1-12,14H,13H2,(H,27,30). The predicted molar refractivity (Wildman–Crippen MR) is 110 cm³/mol. The summed E-state index contributed by atoms with van der Waals surface area (Å²) in [5.74, 6) is -0.797. The molecule has 146 valence electrons. The summed E-state index contributed by atoms with van der Waals surface area (Å²) < 4.78 is 16.0. The average molecular weight is 397 g/mol. The minimum Gasteiger partial charge on any atom is -0.348 e. The van der Waals surface area contributed by atoms with Gasteiger partial charge in [0.25, 0.3) is 5.91 Å². The molecule has 4 aromatic rings. The van der Waals surface area contributed by atoms with Gasteiger partial charge in [-0.05, 0) is 41.0 Å². The molecular formula is C24H16FN3O2. The zero-order valence-corrected chi connectivity index (χ0v) is 15.8. The van der Waals surface area contributed by atoms with Crippen molar-refractivity contribution in [1.29, 1.82) is 0 Å². The normalized spacial score (nSPS) is 11.8. The van der Waals surface area contributed by atoms with Crippen LogP contribution in [0.1, 0.15) is 31.8 Å². The first-order chi connectivity index (χ1) is 14.6. The van der Waals surface area contributed by atoms with Gasteiger partial charge >= 0.3 is 0 Å². The number of halogens is 1. The van der Waals surface area contributed by atoms with E-state index < -0.39 is 5.82 Å². The first kappa shape index (κ1) is 18.0.